The molecule has 2 fully saturated rings. The SMILES string of the molecule is C[C@H](CCc1ccccc1)NC(=O)CN1C(=O)C(=O)N(C2CCCC2)C1=O. The molecule has 0 unspecified atom stereocenters. The third-order valence-corrected chi connectivity index (χ3v) is 5.19. The van der Waals surface area contributed by atoms with E-state index in [1.54, 1.807) is 0 Å². The Labute approximate surface area is 158 Å². The third-order valence-electron chi connectivity index (χ3n) is 5.19. The molecule has 1 heterocycles. The van der Waals surface area contributed by atoms with Gasteiger partial charge in [-0.25, -0.2) is 9.69 Å². The number of imide groups is 2. The molecule has 1 atom stereocenters. The number of benzene rings is 1. The van der Waals surface area contributed by atoms with E-state index in [1.807, 2.05) is 37.3 Å². The average molecular weight is 371 g/mol. The van der Waals surface area contributed by atoms with Gasteiger partial charge in [0.1, 0.15) is 6.54 Å². The molecule has 144 valence electrons. The van der Waals surface area contributed by atoms with Crippen LogP contribution in [0, 0.1) is 0 Å². The van der Waals surface area contributed by atoms with Crippen molar-refractivity contribution in [3.05, 3.63) is 35.9 Å². The van der Waals surface area contributed by atoms with Crippen molar-refractivity contribution in [1.29, 1.82) is 0 Å². The smallest absolute Gasteiger partial charge is 0.334 e. The Balaban J connectivity index is 1.51. The molecule has 5 amide bonds. The minimum absolute atomic E-state index is 0.104. The summed E-state index contributed by atoms with van der Waals surface area (Å²) in [6, 6.07) is 8.96. The summed E-state index contributed by atoms with van der Waals surface area (Å²) in [4.78, 5) is 50.8. The summed E-state index contributed by atoms with van der Waals surface area (Å²) < 4.78 is 0. The summed E-state index contributed by atoms with van der Waals surface area (Å²) in [5.74, 6) is -2.14. The number of hydrogen-bond donors (Lipinski definition) is 1. The molecule has 3 rings (SSSR count). The number of rotatable bonds is 7. The van der Waals surface area contributed by atoms with E-state index in [4.69, 9.17) is 0 Å². The molecule has 1 aromatic carbocycles. The molecular weight excluding hydrogens is 346 g/mol. The molecule has 7 heteroatoms. The van der Waals surface area contributed by atoms with Crippen LogP contribution in [0.25, 0.3) is 0 Å². The molecule has 1 aliphatic heterocycles. The fourth-order valence-electron chi connectivity index (χ4n) is 3.71. The van der Waals surface area contributed by atoms with Crippen molar-refractivity contribution >= 4 is 23.8 Å². The molecule has 7 nitrogen and oxygen atoms in total. The molecule has 1 saturated carbocycles. The van der Waals surface area contributed by atoms with Gasteiger partial charge < -0.3 is 5.32 Å². The Morgan fingerprint density at radius 1 is 1.11 bits per heavy atom. The zero-order chi connectivity index (χ0) is 19.4. The van der Waals surface area contributed by atoms with Crippen molar-refractivity contribution in [2.45, 2.75) is 57.5 Å². The van der Waals surface area contributed by atoms with E-state index in [0.717, 1.165) is 48.3 Å². The van der Waals surface area contributed by atoms with Gasteiger partial charge in [0.2, 0.25) is 5.91 Å². The molecular formula is C20H25N3O4. The first-order chi connectivity index (χ1) is 13.0. The molecule has 1 saturated heterocycles. The predicted octanol–water partition coefficient (Wildman–Crippen LogP) is 1.86. The second-order valence-corrected chi connectivity index (χ2v) is 7.28. The van der Waals surface area contributed by atoms with Gasteiger partial charge >= 0.3 is 17.8 Å². The molecule has 0 bridgehead atoms. The summed E-state index contributed by atoms with van der Waals surface area (Å²) in [6.07, 6.45) is 4.88. The number of carbonyl (C=O) groups excluding carboxylic acids is 4. The van der Waals surface area contributed by atoms with Gasteiger partial charge in [-0.1, -0.05) is 43.2 Å². The van der Waals surface area contributed by atoms with Gasteiger partial charge in [0, 0.05) is 12.1 Å². The molecule has 27 heavy (non-hydrogen) atoms. The lowest BCUT2D eigenvalue weighted by Crippen LogP contribution is -2.45. The molecule has 0 radical (unpaired) electrons. The minimum atomic E-state index is -0.904. The highest BCUT2D eigenvalue weighted by atomic mass is 16.2. The summed E-state index contributed by atoms with van der Waals surface area (Å²) in [5, 5.41) is 2.80. The van der Waals surface area contributed by atoms with Crippen molar-refractivity contribution < 1.29 is 19.2 Å². The number of nitrogens with zero attached hydrogens (tertiary/aromatic N) is 2. The first-order valence-electron chi connectivity index (χ1n) is 9.49. The van der Waals surface area contributed by atoms with Crippen molar-refractivity contribution in [3.8, 4) is 0 Å². The number of carbonyl (C=O) groups is 4. The van der Waals surface area contributed by atoms with Crippen molar-refractivity contribution in [1.82, 2.24) is 15.1 Å². The highest BCUT2D eigenvalue weighted by molar-refractivity contribution is 6.45. The maximum absolute atomic E-state index is 12.5. The molecule has 0 spiro atoms. The van der Waals surface area contributed by atoms with E-state index < -0.39 is 30.3 Å². The maximum atomic E-state index is 12.5. The summed E-state index contributed by atoms with van der Waals surface area (Å²) in [7, 11) is 0. The van der Waals surface area contributed by atoms with Crippen LogP contribution in [0.2, 0.25) is 0 Å². The van der Waals surface area contributed by atoms with Gasteiger partial charge in [0.05, 0.1) is 0 Å². The van der Waals surface area contributed by atoms with E-state index in [-0.39, 0.29) is 12.1 Å². The number of hydrogen-bond acceptors (Lipinski definition) is 4. The van der Waals surface area contributed by atoms with E-state index in [1.165, 1.54) is 5.56 Å². The monoisotopic (exact) mass is 371 g/mol. The Morgan fingerprint density at radius 2 is 1.78 bits per heavy atom. The predicted molar refractivity (Wildman–Crippen MR) is 98.6 cm³/mol. The highest BCUT2D eigenvalue weighted by Crippen LogP contribution is 2.27. The Morgan fingerprint density at radius 3 is 2.44 bits per heavy atom. The normalized spacial score (nSPS) is 19.1. The Hall–Kier alpha value is -2.70. The van der Waals surface area contributed by atoms with Crippen LogP contribution in [0.3, 0.4) is 0 Å². The quantitative estimate of drug-likeness (QED) is 0.585. The summed E-state index contributed by atoms with van der Waals surface area (Å²) >= 11 is 0. The Bertz CT molecular complexity index is 728. The van der Waals surface area contributed by atoms with Crippen LogP contribution in [0.5, 0.6) is 0 Å². The van der Waals surface area contributed by atoms with E-state index >= 15 is 0 Å². The molecule has 0 aromatic heterocycles. The number of aryl methyl sites for hydroxylation is 1. The van der Waals surface area contributed by atoms with Gasteiger partial charge in [0.25, 0.3) is 0 Å². The zero-order valence-corrected chi connectivity index (χ0v) is 15.5. The first-order valence-corrected chi connectivity index (χ1v) is 9.49. The van der Waals surface area contributed by atoms with E-state index in [0.29, 0.717) is 0 Å². The average Bonchev–Trinajstić information content (AvgIpc) is 3.24. The van der Waals surface area contributed by atoms with Gasteiger partial charge in [-0.3, -0.25) is 19.3 Å². The highest BCUT2D eigenvalue weighted by Gasteiger charge is 2.48. The van der Waals surface area contributed by atoms with Crippen LogP contribution in [-0.4, -0.2) is 52.2 Å². The van der Waals surface area contributed by atoms with Crippen LogP contribution in [0.1, 0.15) is 44.6 Å². The lowest BCUT2D eigenvalue weighted by Gasteiger charge is -2.21. The van der Waals surface area contributed by atoms with Gasteiger partial charge in [-0.2, -0.15) is 0 Å². The number of urea groups is 1. The van der Waals surface area contributed by atoms with Gasteiger partial charge in [-0.15, -0.1) is 0 Å². The fourth-order valence-corrected chi connectivity index (χ4v) is 3.71. The second kappa shape index (κ2) is 8.33. The largest absolute Gasteiger partial charge is 0.352 e. The van der Waals surface area contributed by atoms with Gasteiger partial charge in [0.15, 0.2) is 0 Å². The topological polar surface area (TPSA) is 86.8 Å². The van der Waals surface area contributed by atoms with Crippen LogP contribution >= 0.6 is 0 Å². The minimum Gasteiger partial charge on any atom is -0.352 e. The van der Waals surface area contributed by atoms with Crippen LogP contribution in [0.4, 0.5) is 4.79 Å². The maximum Gasteiger partial charge on any atom is 0.334 e. The lowest BCUT2D eigenvalue weighted by molar-refractivity contribution is -0.144. The molecule has 2 aliphatic rings. The van der Waals surface area contributed by atoms with E-state index in [2.05, 4.69) is 5.32 Å². The molecule has 1 aromatic rings. The van der Waals surface area contributed by atoms with Crippen molar-refractivity contribution in [3.63, 3.8) is 0 Å². The molecule has 1 N–H and O–H groups in total. The summed E-state index contributed by atoms with van der Waals surface area (Å²) in [6.45, 7) is 1.47. The van der Waals surface area contributed by atoms with Crippen molar-refractivity contribution in [2.75, 3.05) is 6.54 Å². The van der Waals surface area contributed by atoms with Crippen LogP contribution in [0.15, 0.2) is 30.3 Å². The molecule has 1 aliphatic carbocycles. The first kappa shape index (κ1) is 19.1. The number of nitrogens with one attached hydrogen (secondary N) is 1. The van der Waals surface area contributed by atoms with Crippen LogP contribution < -0.4 is 5.32 Å². The standard InChI is InChI=1S/C20H25N3O4/c1-14(11-12-15-7-3-2-4-8-15)21-17(24)13-22-18(25)19(26)23(20(22)27)16-9-5-6-10-16/h2-4,7-8,14,16H,5-6,9-13H2,1H3,(H,21,24)/t14-/m1/s1. The fraction of sp³-hybridized carbons (Fsp3) is 0.500. The Kier molecular flexibility index (Phi) is 5.88. The van der Waals surface area contributed by atoms with Crippen LogP contribution in [-0.2, 0) is 20.8 Å². The lowest BCUT2D eigenvalue weighted by atomic mass is 10.1. The van der Waals surface area contributed by atoms with E-state index in [9.17, 15) is 19.2 Å². The van der Waals surface area contributed by atoms with Gasteiger partial charge in [-0.05, 0) is 38.2 Å². The zero-order valence-electron chi connectivity index (χ0n) is 15.5. The van der Waals surface area contributed by atoms with Crippen molar-refractivity contribution in [2.24, 2.45) is 0 Å². The number of amides is 5. The summed E-state index contributed by atoms with van der Waals surface area (Å²) in [5.41, 5.74) is 1.18. The third kappa shape index (κ3) is 4.35. The second-order valence-electron chi connectivity index (χ2n) is 7.28.